The van der Waals surface area contributed by atoms with Gasteiger partial charge in [-0.05, 0) is 35.7 Å². The minimum Gasteiger partial charge on any atom is -0.497 e. The molecule has 1 aliphatic heterocycles. The monoisotopic (exact) mass is 325 g/mol. The summed E-state index contributed by atoms with van der Waals surface area (Å²) in [6.45, 7) is 1.03. The van der Waals surface area contributed by atoms with Crippen molar-refractivity contribution in [1.82, 2.24) is 4.57 Å². The Morgan fingerprint density at radius 2 is 1.60 bits per heavy atom. The molecule has 0 spiro atoms. The predicted octanol–water partition coefficient (Wildman–Crippen LogP) is 5.54. The molecule has 0 aliphatic carbocycles. The maximum atomic E-state index is 5.34. The van der Waals surface area contributed by atoms with Crippen LogP contribution in [0.2, 0.25) is 0 Å². The number of para-hydroxylation sites is 1. The van der Waals surface area contributed by atoms with Crippen molar-refractivity contribution in [3.63, 3.8) is 0 Å². The van der Waals surface area contributed by atoms with E-state index in [2.05, 4.69) is 65.2 Å². The SMILES string of the molecule is COc1ccc(-c2c3n(c4ccccc24)CCc2ccccc2-3)cc1. The van der Waals surface area contributed by atoms with Gasteiger partial charge >= 0.3 is 0 Å². The van der Waals surface area contributed by atoms with Gasteiger partial charge in [0, 0.05) is 28.6 Å². The number of hydrogen-bond donors (Lipinski definition) is 0. The van der Waals surface area contributed by atoms with Gasteiger partial charge in [-0.1, -0.05) is 54.6 Å². The summed E-state index contributed by atoms with van der Waals surface area (Å²) in [5.74, 6) is 0.890. The molecule has 2 heteroatoms. The molecule has 0 bridgehead atoms. The van der Waals surface area contributed by atoms with Crippen molar-refractivity contribution in [2.45, 2.75) is 13.0 Å². The van der Waals surface area contributed by atoms with E-state index in [9.17, 15) is 0 Å². The molecule has 1 aromatic heterocycles. The van der Waals surface area contributed by atoms with E-state index in [1.165, 1.54) is 38.9 Å². The fourth-order valence-electron chi connectivity index (χ4n) is 4.07. The van der Waals surface area contributed by atoms with Crippen LogP contribution >= 0.6 is 0 Å². The third kappa shape index (κ3) is 2.11. The maximum absolute atomic E-state index is 5.34. The lowest BCUT2D eigenvalue weighted by Gasteiger charge is -2.21. The van der Waals surface area contributed by atoms with Crippen LogP contribution in [0.15, 0.2) is 72.8 Å². The molecule has 122 valence electrons. The molecule has 2 heterocycles. The van der Waals surface area contributed by atoms with Crippen molar-refractivity contribution in [3.8, 4) is 28.1 Å². The average Bonchev–Trinajstić information content (AvgIpc) is 3.03. The number of ether oxygens (including phenoxy) is 1. The van der Waals surface area contributed by atoms with Gasteiger partial charge in [0.2, 0.25) is 0 Å². The maximum Gasteiger partial charge on any atom is 0.118 e. The Kier molecular flexibility index (Phi) is 3.17. The third-order valence-electron chi connectivity index (χ3n) is 5.23. The molecule has 1 aliphatic rings. The number of fused-ring (bicyclic) bond motifs is 5. The fourth-order valence-corrected chi connectivity index (χ4v) is 4.07. The lowest BCUT2D eigenvalue weighted by molar-refractivity contribution is 0.415. The van der Waals surface area contributed by atoms with Crippen molar-refractivity contribution < 1.29 is 4.74 Å². The van der Waals surface area contributed by atoms with E-state index in [1.54, 1.807) is 7.11 Å². The van der Waals surface area contributed by atoms with Gasteiger partial charge in [-0.25, -0.2) is 0 Å². The van der Waals surface area contributed by atoms with Crippen LogP contribution < -0.4 is 4.74 Å². The highest BCUT2D eigenvalue weighted by Crippen LogP contribution is 2.44. The summed E-state index contributed by atoms with van der Waals surface area (Å²) in [6.07, 6.45) is 1.09. The first-order valence-corrected chi connectivity index (χ1v) is 8.71. The predicted molar refractivity (Wildman–Crippen MR) is 103 cm³/mol. The van der Waals surface area contributed by atoms with Crippen molar-refractivity contribution in [2.75, 3.05) is 7.11 Å². The van der Waals surface area contributed by atoms with Crippen LogP contribution in [-0.4, -0.2) is 11.7 Å². The van der Waals surface area contributed by atoms with E-state index in [0.717, 1.165) is 18.7 Å². The first-order chi connectivity index (χ1) is 12.4. The highest BCUT2D eigenvalue weighted by atomic mass is 16.5. The summed E-state index contributed by atoms with van der Waals surface area (Å²) < 4.78 is 7.82. The Labute approximate surface area is 147 Å². The van der Waals surface area contributed by atoms with Gasteiger partial charge in [0.25, 0.3) is 0 Å². The smallest absolute Gasteiger partial charge is 0.118 e. The number of rotatable bonds is 2. The molecule has 0 saturated heterocycles. The van der Waals surface area contributed by atoms with Crippen molar-refractivity contribution in [1.29, 1.82) is 0 Å². The standard InChI is InChI=1S/C23H19NO/c1-25-18-12-10-17(11-13-18)22-20-8-4-5-9-21(20)24-15-14-16-6-2-3-7-19(16)23(22)24/h2-13H,14-15H2,1H3. The van der Waals surface area contributed by atoms with Crippen molar-refractivity contribution in [3.05, 3.63) is 78.4 Å². The summed E-state index contributed by atoms with van der Waals surface area (Å²) in [5, 5.41) is 1.32. The van der Waals surface area contributed by atoms with Gasteiger partial charge in [0.1, 0.15) is 5.75 Å². The number of aromatic nitrogens is 1. The molecule has 0 N–H and O–H groups in total. The first kappa shape index (κ1) is 14.4. The quantitative estimate of drug-likeness (QED) is 0.472. The average molecular weight is 325 g/mol. The molecule has 2 nitrogen and oxygen atoms in total. The van der Waals surface area contributed by atoms with Gasteiger partial charge < -0.3 is 9.30 Å². The number of nitrogens with zero attached hydrogens (tertiary/aromatic N) is 1. The third-order valence-corrected chi connectivity index (χ3v) is 5.23. The minimum atomic E-state index is 0.890. The fraction of sp³-hybridized carbons (Fsp3) is 0.130. The van der Waals surface area contributed by atoms with Gasteiger partial charge in [-0.2, -0.15) is 0 Å². The van der Waals surface area contributed by atoms with Gasteiger partial charge in [0.15, 0.2) is 0 Å². The van der Waals surface area contributed by atoms with Crippen molar-refractivity contribution >= 4 is 10.9 Å². The Balaban J connectivity index is 1.87. The van der Waals surface area contributed by atoms with E-state index >= 15 is 0 Å². The molecular weight excluding hydrogens is 306 g/mol. The van der Waals surface area contributed by atoms with E-state index in [-0.39, 0.29) is 0 Å². The molecule has 0 amide bonds. The zero-order chi connectivity index (χ0) is 16.8. The highest BCUT2D eigenvalue weighted by Gasteiger charge is 2.24. The summed E-state index contributed by atoms with van der Waals surface area (Å²) in [6, 6.07) is 26.0. The van der Waals surface area contributed by atoms with Crippen LogP contribution in [0, 0.1) is 0 Å². The zero-order valence-electron chi connectivity index (χ0n) is 14.2. The summed E-state index contributed by atoms with van der Waals surface area (Å²) in [7, 11) is 1.71. The Morgan fingerprint density at radius 3 is 2.44 bits per heavy atom. The van der Waals surface area contributed by atoms with Gasteiger partial charge in [0.05, 0.1) is 12.8 Å². The molecule has 0 fully saturated rings. The van der Waals surface area contributed by atoms with Gasteiger partial charge in [-0.15, -0.1) is 0 Å². The van der Waals surface area contributed by atoms with Gasteiger partial charge in [-0.3, -0.25) is 0 Å². The number of hydrogen-bond acceptors (Lipinski definition) is 1. The lowest BCUT2D eigenvalue weighted by Crippen LogP contribution is -2.10. The molecule has 25 heavy (non-hydrogen) atoms. The Hall–Kier alpha value is -3.00. The second kappa shape index (κ2) is 5.52. The first-order valence-electron chi connectivity index (χ1n) is 8.71. The van der Waals surface area contributed by atoms with E-state index in [4.69, 9.17) is 4.74 Å². The molecule has 5 rings (SSSR count). The van der Waals surface area contributed by atoms with Crippen molar-refractivity contribution in [2.24, 2.45) is 0 Å². The highest BCUT2D eigenvalue weighted by molar-refractivity contribution is 6.05. The molecular formula is C23H19NO. The zero-order valence-corrected chi connectivity index (χ0v) is 14.2. The molecule has 0 saturated carbocycles. The minimum absolute atomic E-state index is 0.890. The van der Waals surface area contributed by atoms with Crippen LogP contribution in [-0.2, 0) is 13.0 Å². The number of benzene rings is 3. The lowest BCUT2D eigenvalue weighted by atomic mass is 9.93. The van der Waals surface area contributed by atoms with E-state index in [0.29, 0.717) is 0 Å². The van der Waals surface area contributed by atoms with E-state index < -0.39 is 0 Å². The molecule has 0 radical (unpaired) electrons. The normalized spacial score (nSPS) is 12.7. The number of aryl methyl sites for hydroxylation is 2. The second-order valence-corrected chi connectivity index (χ2v) is 6.53. The Bertz CT molecular complexity index is 1070. The van der Waals surface area contributed by atoms with Crippen LogP contribution in [0.5, 0.6) is 5.75 Å². The molecule has 3 aromatic carbocycles. The molecule has 0 atom stereocenters. The second-order valence-electron chi connectivity index (χ2n) is 6.53. The van der Waals surface area contributed by atoms with Crippen LogP contribution in [0.4, 0.5) is 0 Å². The summed E-state index contributed by atoms with van der Waals surface area (Å²) in [4.78, 5) is 0. The van der Waals surface area contributed by atoms with Crippen LogP contribution in [0.25, 0.3) is 33.3 Å². The van der Waals surface area contributed by atoms with E-state index in [1.807, 2.05) is 12.1 Å². The van der Waals surface area contributed by atoms with Crippen LogP contribution in [0.3, 0.4) is 0 Å². The summed E-state index contributed by atoms with van der Waals surface area (Å²) >= 11 is 0. The van der Waals surface area contributed by atoms with Crippen LogP contribution in [0.1, 0.15) is 5.56 Å². The summed E-state index contributed by atoms with van der Waals surface area (Å²) in [5.41, 5.74) is 8.02. The molecule has 4 aromatic rings. The largest absolute Gasteiger partial charge is 0.497 e. The molecule has 0 unspecified atom stereocenters. The Morgan fingerprint density at radius 1 is 0.840 bits per heavy atom. The number of methoxy groups -OCH3 is 1. The topological polar surface area (TPSA) is 14.2 Å².